The summed E-state index contributed by atoms with van der Waals surface area (Å²) in [6.45, 7) is 3.76. The lowest BCUT2D eigenvalue weighted by atomic mass is 10.0. The fraction of sp³-hybridized carbons (Fsp3) is 0.278. The van der Waals surface area contributed by atoms with E-state index in [-0.39, 0.29) is 24.4 Å². The third-order valence-corrected chi connectivity index (χ3v) is 4.68. The van der Waals surface area contributed by atoms with Crippen LogP contribution in [-0.2, 0) is 16.2 Å². The number of benzene rings is 1. The summed E-state index contributed by atoms with van der Waals surface area (Å²) in [5.74, 6) is -0.340. The van der Waals surface area contributed by atoms with Crippen molar-refractivity contribution in [2.45, 2.75) is 32.9 Å². The predicted octanol–water partition coefficient (Wildman–Crippen LogP) is 3.11. The molecule has 1 atom stereocenters. The minimum absolute atomic E-state index is 0.122. The average Bonchev–Trinajstić information content (AvgIpc) is 3.03. The maximum absolute atomic E-state index is 12.3. The molecular weight excluding hydrogens is 377 g/mol. The number of aryl methyl sites for hydroxylation is 2. The topological polar surface area (TPSA) is 83.5 Å². The monoisotopic (exact) mass is 393 g/mol. The summed E-state index contributed by atoms with van der Waals surface area (Å²) in [7, 11) is 0. The lowest BCUT2D eigenvalue weighted by Gasteiger charge is -2.11. The second kappa shape index (κ2) is 7.51. The zero-order valence-electron chi connectivity index (χ0n) is 14.2. The number of carbonyl (C=O) groups is 1. The number of rotatable bonds is 4. The average molecular weight is 394 g/mol. The SMILES string of the molecule is Cc1cc(C)c(CNC(=O)C2CC(c3ccc(Cl)cc3Cl)=NO2)c(=O)[nH]1. The highest BCUT2D eigenvalue weighted by Gasteiger charge is 2.29. The fourth-order valence-corrected chi connectivity index (χ4v) is 3.31. The molecule has 1 amide bonds. The van der Waals surface area contributed by atoms with Gasteiger partial charge in [-0.15, -0.1) is 0 Å². The molecule has 1 unspecified atom stereocenters. The molecule has 1 aliphatic heterocycles. The van der Waals surface area contributed by atoms with E-state index in [1.807, 2.05) is 19.9 Å². The molecule has 1 aromatic carbocycles. The Morgan fingerprint density at radius 2 is 2.12 bits per heavy atom. The number of H-pyrrole nitrogens is 1. The molecule has 136 valence electrons. The summed E-state index contributed by atoms with van der Waals surface area (Å²) < 4.78 is 0. The van der Waals surface area contributed by atoms with Gasteiger partial charge in [0.25, 0.3) is 11.5 Å². The fourth-order valence-electron chi connectivity index (χ4n) is 2.79. The Bertz CT molecular complexity index is 953. The van der Waals surface area contributed by atoms with Gasteiger partial charge in [0, 0.05) is 34.8 Å². The van der Waals surface area contributed by atoms with Gasteiger partial charge in [-0.2, -0.15) is 0 Å². The van der Waals surface area contributed by atoms with Gasteiger partial charge in [0.1, 0.15) is 0 Å². The first kappa shape index (κ1) is 18.5. The maximum Gasteiger partial charge on any atom is 0.264 e. The number of oxime groups is 1. The first-order valence-corrected chi connectivity index (χ1v) is 8.76. The van der Waals surface area contributed by atoms with Crippen molar-refractivity contribution in [2.75, 3.05) is 0 Å². The summed E-state index contributed by atoms with van der Waals surface area (Å²) in [5.41, 5.74) is 3.17. The Kier molecular flexibility index (Phi) is 5.34. The number of hydrogen-bond donors (Lipinski definition) is 2. The molecule has 0 radical (unpaired) electrons. The smallest absolute Gasteiger partial charge is 0.264 e. The standard InChI is InChI=1S/C18H17Cl2N3O3/c1-9-5-10(2)22-17(24)13(9)8-21-18(25)16-7-15(23-26-16)12-4-3-11(19)6-14(12)20/h3-6,16H,7-8H2,1-2H3,(H,21,25)(H,22,24). The molecule has 0 aliphatic carbocycles. The van der Waals surface area contributed by atoms with E-state index in [4.69, 9.17) is 28.0 Å². The highest BCUT2D eigenvalue weighted by Crippen LogP contribution is 2.26. The van der Waals surface area contributed by atoms with Crippen molar-refractivity contribution < 1.29 is 9.63 Å². The quantitative estimate of drug-likeness (QED) is 0.836. The summed E-state index contributed by atoms with van der Waals surface area (Å²) >= 11 is 12.1. The molecule has 0 bridgehead atoms. The van der Waals surface area contributed by atoms with E-state index >= 15 is 0 Å². The highest BCUT2D eigenvalue weighted by molar-refractivity contribution is 6.37. The van der Waals surface area contributed by atoms with Crippen LogP contribution in [0.15, 0.2) is 34.2 Å². The van der Waals surface area contributed by atoms with E-state index in [1.165, 1.54) is 0 Å². The number of nitrogens with zero attached hydrogens (tertiary/aromatic N) is 1. The summed E-state index contributed by atoms with van der Waals surface area (Å²) in [6.07, 6.45) is -0.474. The maximum atomic E-state index is 12.3. The third-order valence-electron chi connectivity index (χ3n) is 4.14. The van der Waals surface area contributed by atoms with Crippen LogP contribution in [0.2, 0.25) is 10.0 Å². The Morgan fingerprint density at radius 3 is 2.81 bits per heavy atom. The van der Waals surface area contributed by atoms with Gasteiger partial charge >= 0.3 is 0 Å². The molecule has 1 aromatic heterocycles. The molecule has 1 aliphatic rings. The molecule has 2 N–H and O–H groups in total. The van der Waals surface area contributed by atoms with Gasteiger partial charge in [-0.3, -0.25) is 9.59 Å². The van der Waals surface area contributed by atoms with Crippen molar-refractivity contribution in [3.63, 3.8) is 0 Å². The van der Waals surface area contributed by atoms with Crippen LogP contribution in [0.4, 0.5) is 0 Å². The Morgan fingerprint density at radius 1 is 1.35 bits per heavy atom. The van der Waals surface area contributed by atoms with Crippen molar-refractivity contribution in [2.24, 2.45) is 5.16 Å². The lowest BCUT2D eigenvalue weighted by Crippen LogP contribution is -2.36. The van der Waals surface area contributed by atoms with Gasteiger partial charge in [0.2, 0.25) is 6.10 Å². The number of hydrogen-bond acceptors (Lipinski definition) is 4. The molecule has 26 heavy (non-hydrogen) atoms. The van der Waals surface area contributed by atoms with Crippen molar-refractivity contribution in [1.29, 1.82) is 0 Å². The van der Waals surface area contributed by atoms with Gasteiger partial charge in [0.05, 0.1) is 10.7 Å². The van der Waals surface area contributed by atoms with E-state index in [9.17, 15) is 9.59 Å². The van der Waals surface area contributed by atoms with Crippen LogP contribution in [0.1, 0.15) is 28.8 Å². The van der Waals surface area contributed by atoms with E-state index in [1.54, 1.807) is 18.2 Å². The molecule has 3 rings (SSSR count). The number of aromatic amines is 1. The lowest BCUT2D eigenvalue weighted by molar-refractivity contribution is -0.131. The first-order chi connectivity index (χ1) is 12.3. The van der Waals surface area contributed by atoms with Crippen LogP contribution in [0, 0.1) is 13.8 Å². The molecule has 2 heterocycles. The van der Waals surface area contributed by atoms with E-state index in [2.05, 4.69) is 15.5 Å². The van der Waals surface area contributed by atoms with Gasteiger partial charge in [0.15, 0.2) is 0 Å². The van der Waals surface area contributed by atoms with Crippen LogP contribution in [-0.4, -0.2) is 22.7 Å². The van der Waals surface area contributed by atoms with Crippen molar-refractivity contribution in [3.8, 4) is 0 Å². The number of halogens is 2. The Labute approximate surface area is 160 Å². The third kappa shape index (κ3) is 3.92. The molecule has 0 saturated carbocycles. The Hall–Kier alpha value is -2.31. The van der Waals surface area contributed by atoms with Crippen LogP contribution in [0.5, 0.6) is 0 Å². The van der Waals surface area contributed by atoms with Crippen molar-refractivity contribution in [1.82, 2.24) is 10.3 Å². The normalized spacial score (nSPS) is 16.2. The minimum Gasteiger partial charge on any atom is -0.382 e. The van der Waals surface area contributed by atoms with E-state index in [0.717, 1.165) is 11.3 Å². The number of pyridine rings is 1. The van der Waals surface area contributed by atoms with Gasteiger partial charge in [-0.1, -0.05) is 34.4 Å². The number of aromatic nitrogens is 1. The van der Waals surface area contributed by atoms with Crippen molar-refractivity contribution in [3.05, 3.63) is 67.0 Å². The van der Waals surface area contributed by atoms with Gasteiger partial charge in [-0.25, -0.2) is 0 Å². The zero-order chi connectivity index (χ0) is 18.8. The van der Waals surface area contributed by atoms with Crippen LogP contribution < -0.4 is 10.9 Å². The highest BCUT2D eigenvalue weighted by atomic mass is 35.5. The molecule has 0 spiro atoms. The molecule has 8 heteroatoms. The molecular formula is C18H17Cl2N3O3. The molecule has 6 nitrogen and oxygen atoms in total. The van der Waals surface area contributed by atoms with Gasteiger partial charge in [-0.05, 0) is 37.6 Å². The summed E-state index contributed by atoms with van der Waals surface area (Å²) in [6, 6.07) is 6.91. The molecule has 0 fully saturated rings. The summed E-state index contributed by atoms with van der Waals surface area (Å²) in [4.78, 5) is 32.3. The second-order valence-corrected chi connectivity index (χ2v) is 6.96. The largest absolute Gasteiger partial charge is 0.382 e. The van der Waals surface area contributed by atoms with Gasteiger partial charge < -0.3 is 15.1 Å². The number of nitrogens with one attached hydrogen (secondary N) is 2. The zero-order valence-corrected chi connectivity index (χ0v) is 15.7. The van der Waals surface area contributed by atoms with Crippen molar-refractivity contribution >= 4 is 34.8 Å². The summed E-state index contributed by atoms with van der Waals surface area (Å²) in [5, 5.41) is 7.65. The van der Waals surface area contributed by atoms with E-state index < -0.39 is 6.10 Å². The molecule has 2 aromatic rings. The predicted molar refractivity (Wildman–Crippen MR) is 101 cm³/mol. The molecule has 0 saturated heterocycles. The minimum atomic E-state index is -0.762. The first-order valence-electron chi connectivity index (χ1n) is 8.00. The van der Waals surface area contributed by atoms with Crippen LogP contribution >= 0.6 is 23.2 Å². The van der Waals surface area contributed by atoms with Crippen LogP contribution in [0.25, 0.3) is 0 Å². The van der Waals surface area contributed by atoms with E-state index in [0.29, 0.717) is 26.9 Å². The van der Waals surface area contributed by atoms with Crippen LogP contribution in [0.3, 0.4) is 0 Å². The second-order valence-electron chi connectivity index (χ2n) is 6.12. The Balaban J connectivity index is 1.64. The number of amides is 1. The number of carbonyl (C=O) groups excluding carboxylic acids is 1.